The molecule has 2 heterocycles. The van der Waals surface area contributed by atoms with Crippen LogP contribution in [-0.4, -0.2) is 69.2 Å². The van der Waals surface area contributed by atoms with Gasteiger partial charge in [0.25, 0.3) is 11.5 Å². The van der Waals surface area contributed by atoms with Gasteiger partial charge in [0, 0.05) is 36.5 Å². The normalized spacial score (nSPS) is 25.7. The number of primary amides is 1. The summed E-state index contributed by atoms with van der Waals surface area (Å²) in [6, 6.07) is 1.27. The molecule has 5 amide bonds. The predicted molar refractivity (Wildman–Crippen MR) is 174 cm³/mol. The number of aromatic nitrogens is 3. The van der Waals surface area contributed by atoms with E-state index >= 15 is 0 Å². The van der Waals surface area contributed by atoms with E-state index in [1.165, 1.54) is 25.4 Å². The van der Waals surface area contributed by atoms with Crippen molar-refractivity contribution < 1.29 is 33.3 Å². The molecule has 3 fully saturated rings. The number of nitrogens with two attached hydrogens (primary N) is 1. The minimum Gasteiger partial charge on any atom is -0.369 e. The number of amides is 5. The summed E-state index contributed by atoms with van der Waals surface area (Å²) in [5, 5.41) is 14.1. The van der Waals surface area contributed by atoms with Crippen LogP contribution in [0.25, 0.3) is 0 Å². The largest absolute Gasteiger partial charge is 0.369 e. The SMILES string of the molecule is CNC(=O)C(=O)CCC(NC(=O)c1nc(C2(C)CC2)no1)C(=O)Nc1cccn(CC(=O)NC2C(C)CC3CC2CC(C)(C(N)=O)C3)c1=O. The van der Waals surface area contributed by atoms with Crippen LogP contribution in [0.2, 0.25) is 0 Å². The van der Waals surface area contributed by atoms with E-state index in [0.29, 0.717) is 18.2 Å². The van der Waals surface area contributed by atoms with Crippen molar-refractivity contribution in [1.29, 1.82) is 0 Å². The highest BCUT2D eigenvalue weighted by atomic mass is 16.5. The molecule has 5 rings (SSSR count). The maximum absolute atomic E-state index is 13.4. The first-order valence-electron chi connectivity index (χ1n) is 16.6. The molecular weight excluding hydrogens is 636 g/mol. The number of carbonyl (C=O) groups excluding carboxylic acids is 6. The fourth-order valence-electron chi connectivity index (χ4n) is 7.30. The zero-order valence-corrected chi connectivity index (χ0v) is 28.2. The summed E-state index contributed by atoms with van der Waals surface area (Å²) in [5.41, 5.74) is 3.99. The zero-order valence-electron chi connectivity index (χ0n) is 28.2. The standard InChI is InChI=1S/C33H44N8O8/c1-17-12-18-13-19(15-33(3,14-18)30(34)48)24(17)38-23(43)16-41-11-5-6-21(29(41)47)37-25(44)20(7-8-22(42)26(45)35-4)36-27(46)28-39-31(40-49-28)32(2)9-10-32/h5-6,11,17-20,24H,7-10,12-16H2,1-4H3,(H2,34,48)(H,35,45)(H,36,46)(H,37,44)(H,38,43). The third-order valence-electron chi connectivity index (χ3n) is 10.4. The van der Waals surface area contributed by atoms with E-state index in [1.54, 1.807) is 0 Å². The number of hydrogen-bond donors (Lipinski definition) is 5. The summed E-state index contributed by atoms with van der Waals surface area (Å²) in [6.07, 6.45) is 5.49. The number of ketones is 1. The van der Waals surface area contributed by atoms with E-state index in [1.807, 2.05) is 13.8 Å². The lowest BCUT2D eigenvalue weighted by Gasteiger charge is -2.50. The van der Waals surface area contributed by atoms with Crippen LogP contribution in [0.5, 0.6) is 0 Å². The molecule has 6 N–H and O–H groups in total. The van der Waals surface area contributed by atoms with Gasteiger partial charge >= 0.3 is 11.8 Å². The number of nitrogens with one attached hydrogen (secondary N) is 4. The first-order chi connectivity index (χ1) is 23.1. The summed E-state index contributed by atoms with van der Waals surface area (Å²) >= 11 is 0. The van der Waals surface area contributed by atoms with Gasteiger partial charge in [-0.1, -0.05) is 25.9 Å². The van der Waals surface area contributed by atoms with Gasteiger partial charge in [0.15, 0.2) is 5.82 Å². The van der Waals surface area contributed by atoms with Crippen molar-refractivity contribution >= 4 is 41.0 Å². The molecule has 49 heavy (non-hydrogen) atoms. The Bertz CT molecular complexity index is 1710. The highest BCUT2D eigenvalue weighted by Gasteiger charge is 2.48. The smallest absolute Gasteiger partial charge is 0.315 e. The molecule has 16 heteroatoms. The first kappa shape index (κ1) is 35.4. The fraction of sp³-hybridized carbons (Fsp3) is 0.606. The van der Waals surface area contributed by atoms with Gasteiger partial charge in [0.05, 0.1) is 0 Å². The monoisotopic (exact) mass is 680 g/mol. The van der Waals surface area contributed by atoms with Crippen LogP contribution in [-0.2, 0) is 35.9 Å². The van der Waals surface area contributed by atoms with Crippen LogP contribution in [0.4, 0.5) is 5.69 Å². The lowest BCUT2D eigenvalue weighted by molar-refractivity contribution is -0.137. The molecule has 6 atom stereocenters. The van der Waals surface area contributed by atoms with Gasteiger partial charge in [0.1, 0.15) is 18.3 Å². The third kappa shape index (κ3) is 7.89. The number of Topliss-reactive ketones (excluding diaryl/α,β-unsaturated/α-hetero) is 1. The topological polar surface area (TPSA) is 237 Å². The second-order valence-corrected chi connectivity index (χ2v) is 14.4. The van der Waals surface area contributed by atoms with E-state index in [-0.39, 0.29) is 60.2 Å². The molecule has 0 aliphatic heterocycles. The number of likely N-dealkylation sites (N-methyl/N-ethyl adjacent to an activating group) is 1. The molecule has 0 spiro atoms. The molecule has 264 valence electrons. The van der Waals surface area contributed by atoms with Crippen LogP contribution >= 0.6 is 0 Å². The zero-order chi connectivity index (χ0) is 35.7. The number of anilines is 1. The molecule has 0 aromatic carbocycles. The Morgan fingerprint density at radius 2 is 1.86 bits per heavy atom. The van der Waals surface area contributed by atoms with Gasteiger partial charge in [-0.15, -0.1) is 0 Å². The Morgan fingerprint density at radius 1 is 1.12 bits per heavy atom. The van der Waals surface area contributed by atoms with Crippen LogP contribution < -0.4 is 32.6 Å². The molecule has 2 aromatic rings. The van der Waals surface area contributed by atoms with Crippen molar-refractivity contribution in [2.45, 2.75) is 96.2 Å². The maximum atomic E-state index is 13.4. The number of nitrogens with zero attached hydrogens (tertiary/aromatic N) is 3. The molecular formula is C33H44N8O8. The average Bonchev–Trinajstić information content (AvgIpc) is 3.59. The maximum Gasteiger partial charge on any atom is 0.315 e. The van der Waals surface area contributed by atoms with Gasteiger partial charge in [-0.3, -0.25) is 33.6 Å². The molecule has 16 nitrogen and oxygen atoms in total. The van der Waals surface area contributed by atoms with E-state index in [0.717, 1.165) is 36.7 Å². The van der Waals surface area contributed by atoms with E-state index in [2.05, 4.69) is 38.3 Å². The summed E-state index contributed by atoms with van der Waals surface area (Å²) in [4.78, 5) is 93.4. The van der Waals surface area contributed by atoms with E-state index in [9.17, 15) is 33.6 Å². The minimum atomic E-state index is -1.37. The Labute approximate surface area is 282 Å². The van der Waals surface area contributed by atoms with Crippen molar-refractivity contribution in [3.05, 3.63) is 40.4 Å². The van der Waals surface area contributed by atoms with E-state index < -0.39 is 46.4 Å². The molecule has 0 saturated heterocycles. The summed E-state index contributed by atoms with van der Waals surface area (Å²) in [6.45, 7) is 5.56. The van der Waals surface area contributed by atoms with Gasteiger partial charge in [-0.25, -0.2) is 0 Å². The van der Waals surface area contributed by atoms with Crippen LogP contribution in [0.3, 0.4) is 0 Å². The number of rotatable bonds is 13. The second-order valence-electron chi connectivity index (χ2n) is 14.4. The van der Waals surface area contributed by atoms with Crippen LogP contribution in [0.1, 0.15) is 88.6 Å². The number of fused-ring (bicyclic) bond motifs is 2. The number of carbonyl (C=O) groups is 6. The van der Waals surface area contributed by atoms with Crippen molar-refractivity contribution in [2.24, 2.45) is 28.9 Å². The molecule has 3 aliphatic carbocycles. The summed E-state index contributed by atoms with van der Waals surface area (Å²) < 4.78 is 6.25. The van der Waals surface area contributed by atoms with Crippen molar-refractivity contribution in [3.63, 3.8) is 0 Å². The quantitative estimate of drug-likeness (QED) is 0.184. The Balaban J connectivity index is 1.26. The molecule has 2 bridgehead atoms. The minimum absolute atomic E-state index is 0.0734. The summed E-state index contributed by atoms with van der Waals surface area (Å²) in [7, 11) is 1.29. The van der Waals surface area contributed by atoms with E-state index in [4.69, 9.17) is 10.3 Å². The van der Waals surface area contributed by atoms with Crippen molar-refractivity contribution in [3.8, 4) is 0 Å². The van der Waals surface area contributed by atoms with Crippen LogP contribution in [0, 0.1) is 23.2 Å². The van der Waals surface area contributed by atoms with Crippen molar-refractivity contribution in [1.82, 2.24) is 30.7 Å². The predicted octanol–water partition coefficient (Wildman–Crippen LogP) is 0.548. The van der Waals surface area contributed by atoms with Crippen molar-refractivity contribution in [2.75, 3.05) is 12.4 Å². The van der Waals surface area contributed by atoms with Crippen LogP contribution in [0.15, 0.2) is 27.6 Å². The lowest BCUT2D eigenvalue weighted by atomic mass is 9.57. The van der Waals surface area contributed by atoms with Gasteiger partial charge in [0.2, 0.25) is 23.5 Å². The Hall–Kier alpha value is -4.89. The Kier molecular flexibility index (Phi) is 10.1. The lowest BCUT2D eigenvalue weighted by Crippen LogP contribution is -2.55. The average molecular weight is 681 g/mol. The molecule has 3 saturated carbocycles. The number of pyridine rings is 1. The van der Waals surface area contributed by atoms with Gasteiger partial charge < -0.3 is 36.1 Å². The van der Waals surface area contributed by atoms with Gasteiger partial charge in [-0.05, 0) is 74.8 Å². The number of hydrogen-bond acceptors (Lipinski definition) is 10. The molecule has 6 unspecified atom stereocenters. The fourth-order valence-corrected chi connectivity index (χ4v) is 7.30. The molecule has 3 aliphatic rings. The molecule has 2 aromatic heterocycles. The first-order valence-corrected chi connectivity index (χ1v) is 16.6. The highest BCUT2D eigenvalue weighted by molar-refractivity contribution is 6.36. The second kappa shape index (κ2) is 13.9. The third-order valence-corrected chi connectivity index (χ3v) is 10.4. The Morgan fingerprint density at radius 3 is 2.53 bits per heavy atom. The highest BCUT2D eigenvalue weighted by Crippen LogP contribution is 2.50. The van der Waals surface area contributed by atoms with Gasteiger partial charge in [-0.2, -0.15) is 4.98 Å². The summed E-state index contributed by atoms with van der Waals surface area (Å²) in [5.74, 6) is -3.51. The molecule has 0 radical (unpaired) electrons.